The molecule has 4 rings (SSSR count). The number of rotatable bonds is 5. The number of piperidine rings is 1. The summed E-state index contributed by atoms with van der Waals surface area (Å²) in [7, 11) is 0. The molecule has 0 atom stereocenters. The SMILES string of the molecule is CC(C)Oc1ccc(C(=O)N2CCC(n3cc(C(=O)O)c4ccccc43)CC2)cc1. The molecule has 0 bridgehead atoms. The quantitative estimate of drug-likeness (QED) is 0.672. The van der Waals surface area contributed by atoms with E-state index in [-0.39, 0.29) is 18.1 Å². The van der Waals surface area contributed by atoms with Crippen molar-refractivity contribution in [2.45, 2.75) is 38.8 Å². The second-order valence-electron chi connectivity index (χ2n) is 7.99. The molecule has 1 fully saturated rings. The molecule has 0 unspecified atom stereocenters. The highest BCUT2D eigenvalue weighted by Gasteiger charge is 2.26. The van der Waals surface area contributed by atoms with Crippen LogP contribution in [0.1, 0.15) is 53.4 Å². The van der Waals surface area contributed by atoms with Gasteiger partial charge in [0.2, 0.25) is 0 Å². The first-order valence-corrected chi connectivity index (χ1v) is 10.3. The van der Waals surface area contributed by atoms with Gasteiger partial charge in [0.1, 0.15) is 5.75 Å². The van der Waals surface area contributed by atoms with Crippen LogP contribution < -0.4 is 4.74 Å². The third-order valence-electron chi connectivity index (χ3n) is 5.59. The topological polar surface area (TPSA) is 71.8 Å². The Morgan fingerprint density at radius 1 is 1.03 bits per heavy atom. The van der Waals surface area contributed by atoms with E-state index in [4.69, 9.17) is 4.74 Å². The van der Waals surface area contributed by atoms with Gasteiger partial charge in [0.05, 0.1) is 11.7 Å². The summed E-state index contributed by atoms with van der Waals surface area (Å²) in [5.74, 6) is -0.135. The molecule has 6 heteroatoms. The predicted molar refractivity (Wildman–Crippen MR) is 115 cm³/mol. The third-order valence-corrected chi connectivity index (χ3v) is 5.59. The lowest BCUT2D eigenvalue weighted by molar-refractivity contribution is 0.0694. The Morgan fingerprint density at radius 3 is 2.33 bits per heavy atom. The van der Waals surface area contributed by atoms with Gasteiger partial charge in [0.25, 0.3) is 5.91 Å². The zero-order valence-corrected chi connectivity index (χ0v) is 17.2. The van der Waals surface area contributed by atoms with Crippen LogP contribution >= 0.6 is 0 Å². The molecule has 1 aliphatic heterocycles. The maximum Gasteiger partial charge on any atom is 0.337 e. The lowest BCUT2D eigenvalue weighted by Gasteiger charge is -2.33. The van der Waals surface area contributed by atoms with E-state index in [2.05, 4.69) is 4.57 Å². The average molecular weight is 406 g/mol. The molecule has 0 radical (unpaired) electrons. The van der Waals surface area contributed by atoms with Crippen molar-refractivity contribution < 1.29 is 19.4 Å². The van der Waals surface area contributed by atoms with Crippen LogP contribution in [0.2, 0.25) is 0 Å². The van der Waals surface area contributed by atoms with E-state index in [1.165, 1.54) is 0 Å². The Balaban J connectivity index is 1.46. The molecular weight excluding hydrogens is 380 g/mol. The van der Waals surface area contributed by atoms with Gasteiger partial charge in [0.15, 0.2) is 0 Å². The Labute approximate surface area is 175 Å². The fourth-order valence-electron chi connectivity index (χ4n) is 4.16. The molecule has 1 N–H and O–H groups in total. The number of carbonyl (C=O) groups excluding carboxylic acids is 1. The Kier molecular flexibility index (Phi) is 5.48. The first kappa shape index (κ1) is 20.0. The van der Waals surface area contributed by atoms with Crippen molar-refractivity contribution in [3.63, 3.8) is 0 Å². The van der Waals surface area contributed by atoms with Gasteiger partial charge in [-0.2, -0.15) is 0 Å². The lowest BCUT2D eigenvalue weighted by atomic mass is 10.0. The molecule has 1 aromatic heterocycles. The normalized spacial score (nSPS) is 15.0. The summed E-state index contributed by atoms with van der Waals surface area (Å²) in [5, 5.41) is 10.3. The number of nitrogens with zero attached hydrogens (tertiary/aromatic N) is 2. The lowest BCUT2D eigenvalue weighted by Crippen LogP contribution is -2.39. The smallest absolute Gasteiger partial charge is 0.337 e. The molecule has 0 saturated carbocycles. The van der Waals surface area contributed by atoms with Crippen LogP contribution in [0.4, 0.5) is 0 Å². The van der Waals surface area contributed by atoms with Crippen LogP contribution in [0, 0.1) is 0 Å². The molecule has 3 aromatic rings. The maximum atomic E-state index is 12.9. The molecule has 6 nitrogen and oxygen atoms in total. The number of aromatic carboxylic acids is 1. The number of aromatic nitrogens is 1. The summed E-state index contributed by atoms with van der Waals surface area (Å²) in [6, 6.07) is 15.1. The molecule has 0 spiro atoms. The van der Waals surface area contributed by atoms with E-state index in [9.17, 15) is 14.7 Å². The summed E-state index contributed by atoms with van der Waals surface area (Å²) in [4.78, 5) is 26.4. The summed E-state index contributed by atoms with van der Waals surface area (Å²) in [6.07, 6.45) is 3.41. The number of para-hydroxylation sites is 1. The Bertz CT molecular complexity index is 1060. The monoisotopic (exact) mass is 406 g/mol. The molecule has 30 heavy (non-hydrogen) atoms. The molecule has 2 heterocycles. The molecule has 0 aliphatic carbocycles. The van der Waals surface area contributed by atoms with Crippen molar-refractivity contribution >= 4 is 22.8 Å². The van der Waals surface area contributed by atoms with Gasteiger partial charge < -0.3 is 19.3 Å². The van der Waals surface area contributed by atoms with Crippen LogP contribution in [0.15, 0.2) is 54.7 Å². The van der Waals surface area contributed by atoms with Crippen molar-refractivity contribution in [1.29, 1.82) is 0 Å². The van der Waals surface area contributed by atoms with Crippen molar-refractivity contribution in [2.75, 3.05) is 13.1 Å². The summed E-state index contributed by atoms with van der Waals surface area (Å²) < 4.78 is 7.71. The van der Waals surface area contributed by atoms with E-state index < -0.39 is 5.97 Å². The van der Waals surface area contributed by atoms with E-state index in [0.717, 1.165) is 29.5 Å². The van der Waals surface area contributed by atoms with Gasteiger partial charge >= 0.3 is 5.97 Å². The van der Waals surface area contributed by atoms with Gasteiger partial charge in [-0.3, -0.25) is 4.79 Å². The summed E-state index contributed by atoms with van der Waals surface area (Å²) in [5.41, 5.74) is 1.91. The minimum absolute atomic E-state index is 0.0214. The Morgan fingerprint density at radius 2 is 1.70 bits per heavy atom. The minimum atomic E-state index is -0.914. The van der Waals surface area contributed by atoms with Gasteiger partial charge in [-0.15, -0.1) is 0 Å². The molecule has 2 aromatic carbocycles. The Hall–Kier alpha value is -3.28. The maximum absolute atomic E-state index is 12.9. The van der Waals surface area contributed by atoms with Gasteiger partial charge in [-0.25, -0.2) is 4.79 Å². The van der Waals surface area contributed by atoms with Crippen LogP contribution in [-0.4, -0.2) is 45.6 Å². The number of likely N-dealkylation sites (tertiary alicyclic amines) is 1. The number of fused-ring (bicyclic) bond motifs is 1. The largest absolute Gasteiger partial charge is 0.491 e. The number of amides is 1. The first-order valence-electron chi connectivity index (χ1n) is 10.3. The van der Waals surface area contributed by atoms with Crippen LogP contribution in [0.25, 0.3) is 10.9 Å². The number of carbonyl (C=O) groups is 2. The van der Waals surface area contributed by atoms with Crippen molar-refractivity contribution in [3.05, 3.63) is 65.9 Å². The van der Waals surface area contributed by atoms with E-state index >= 15 is 0 Å². The molecule has 1 amide bonds. The minimum Gasteiger partial charge on any atom is -0.491 e. The van der Waals surface area contributed by atoms with Gasteiger partial charge in [-0.1, -0.05) is 18.2 Å². The van der Waals surface area contributed by atoms with Crippen molar-refractivity contribution in [3.8, 4) is 5.75 Å². The van der Waals surface area contributed by atoms with E-state index in [0.29, 0.717) is 24.2 Å². The van der Waals surface area contributed by atoms with E-state index in [1.54, 1.807) is 6.20 Å². The second kappa shape index (κ2) is 8.22. The highest BCUT2D eigenvalue weighted by molar-refractivity contribution is 6.03. The number of carboxylic acids is 1. The number of benzene rings is 2. The van der Waals surface area contributed by atoms with Gasteiger partial charge in [-0.05, 0) is 57.0 Å². The molecule has 1 aliphatic rings. The number of hydrogen-bond donors (Lipinski definition) is 1. The fraction of sp³-hybridized carbons (Fsp3) is 0.333. The predicted octanol–water partition coefficient (Wildman–Crippen LogP) is 4.60. The number of ether oxygens (including phenoxy) is 1. The van der Waals surface area contributed by atoms with Crippen LogP contribution in [0.3, 0.4) is 0 Å². The third kappa shape index (κ3) is 3.90. The van der Waals surface area contributed by atoms with Gasteiger partial charge in [0, 0.05) is 41.8 Å². The molecule has 1 saturated heterocycles. The standard InChI is InChI=1S/C24H26N2O4/c1-16(2)30-19-9-7-17(8-10-19)23(27)25-13-11-18(12-14-25)26-15-21(24(28)29)20-5-3-4-6-22(20)26/h3-10,15-16,18H,11-14H2,1-2H3,(H,28,29). The van der Waals surface area contributed by atoms with Crippen molar-refractivity contribution in [1.82, 2.24) is 9.47 Å². The highest BCUT2D eigenvalue weighted by atomic mass is 16.5. The fourth-order valence-corrected chi connectivity index (χ4v) is 4.16. The summed E-state index contributed by atoms with van der Waals surface area (Å²) >= 11 is 0. The van der Waals surface area contributed by atoms with E-state index in [1.807, 2.05) is 67.3 Å². The highest BCUT2D eigenvalue weighted by Crippen LogP contribution is 2.31. The molecular formula is C24H26N2O4. The molecule has 156 valence electrons. The first-order chi connectivity index (χ1) is 14.4. The van der Waals surface area contributed by atoms with Crippen LogP contribution in [0.5, 0.6) is 5.75 Å². The zero-order valence-electron chi connectivity index (χ0n) is 17.2. The second-order valence-corrected chi connectivity index (χ2v) is 7.99. The number of carboxylic acid groups (broad SMARTS) is 1. The van der Waals surface area contributed by atoms with Crippen molar-refractivity contribution in [2.24, 2.45) is 0 Å². The average Bonchev–Trinajstić information content (AvgIpc) is 3.14. The zero-order chi connectivity index (χ0) is 21.3. The summed E-state index contributed by atoms with van der Waals surface area (Å²) in [6.45, 7) is 5.22. The van der Waals surface area contributed by atoms with Crippen LogP contribution in [-0.2, 0) is 0 Å². The number of hydrogen-bond acceptors (Lipinski definition) is 3.